The normalized spacial score (nSPS) is 11.3. The number of fused-ring (bicyclic) bond motifs is 1. The predicted molar refractivity (Wildman–Crippen MR) is 112 cm³/mol. The lowest BCUT2D eigenvalue weighted by Crippen LogP contribution is -2.24. The smallest absolute Gasteiger partial charge is 0.330 e. The monoisotopic (exact) mass is 394 g/mol. The second-order valence-electron chi connectivity index (χ2n) is 6.52. The highest BCUT2D eigenvalue weighted by Gasteiger charge is 2.14. The molecule has 0 N–H and O–H groups in total. The molecule has 150 valence electrons. The molecule has 0 unspecified atom stereocenters. The number of halogens is 1. The minimum absolute atomic E-state index is 0.126. The molecule has 3 rings (SSSR count). The number of rotatable bonds is 6. The molecule has 0 saturated carbocycles. The Balaban J connectivity index is 2.17. The van der Waals surface area contributed by atoms with Gasteiger partial charge in [-0.2, -0.15) is 0 Å². The van der Waals surface area contributed by atoms with Crippen LogP contribution in [0.3, 0.4) is 0 Å². The molecule has 3 aromatic rings. The van der Waals surface area contributed by atoms with Gasteiger partial charge in [0.1, 0.15) is 11.6 Å². The summed E-state index contributed by atoms with van der Waals surface area (Å²) in [7, 11) is 0. The number of aryl methyl sites for hydroxylation is 2. The van der Waals surface area contributed by atoms with Crippen molar-refractivity contribution in [3.8, 4) is 5.69 Å². The molecule has 1 heterocycles. The molecule has 29 heavy (non-hydrogen) atoms. The summed E-state index contributed by atoms with van der Waals surface area (Å²) in [6.45, 7) is 5.89. The van der Waals surface area contributed by atoms with Crippen LogP contribution < -0.4 is 5.56 Å². The second-order valence-corrected chi connectivity index (χ2v) is 6.52. The molecule has 0 aliphatic carbocycles. The molecule has 5 nitrogen and oxygen atoms in total. The zero-order chi connectivity index (χ0) is 21.0. The summed E-state index contributed by atoms with van der Waals surface area (Å²) in [6.07, 6.45) is 3.87. The first kappa shape index (κ1) is 20.5. The average Bonchev–Trinajstić information content (AvgIpc) is 2.72. The molecular formula is C23H23FN2O3. The Labute approximate surface area is 168 Å². The van der Waals surface area contributed by atoms with Crippen molar-refractivity contribution in [2.75, 3.05) is 6.61 Å². The van der Waals surface area contributed by atoms with Crippen LogP contribution in [-0.2, 0) is 22.4 Å². The van der Waals surface area contributed by atoms with Crippen molar-refractivity contribution in [1.82, 2.24) is 9.55 Å². The number of hydrogen-bond donors (Lipinski definition) is 0. The number of nitrogens with zero attached hydrogens (tertiary/aromatic N) is 2. The third-order valence-corrected chi connectivity index (χ3v) is 4.66. The molecule has 0 spiro atoms. The molecule has 0 fully saturated rings. The SMILES string of the molecule is CCOC(=O)/C=C/c1cc2c(=O)n(-c3ccc(CC)cc3)c(CC)nc2cc1F. The van der Waals surface area contributed by atoms with Crippen molar-refractivity contribution in [3.05, 3.63) is 75.6 Å². The molecule has 0 amide bonds. The van der Waals surface area contributed by atoms with Gasteiger partial charge in [0.05, 0.1) is 23.2 Å². The van der Waals surface area contributed by atoms with Crippen molar-refractivity contribution in [2.24, 2.45) is 0 Å². The third-order valence-electron chi connectivity index (χ3n) is 4.66. The molecule has 0 aliphatic rings. The van der Waals surface area contributed by atoms with E-state index in [1.165, 1.54) is 23.8 Å². The Hall–Kier alpha value is -3.28. The maximum Gasteiger partial charge on any atom is 0.330 e. The number of carbonyl (C=O) groups excluding carboxylic acids is 1. The minimum Gasteiger partial charge on any atom is -0.463 e. The second kappa shape index (κ2) is 8.82. The van der Waals surface area contributed by atoms with Gasteiger partial charge in [-0.15, -0.1) is 0 Å². The van der Waals surface area contributed by atoms with Gasteiger partial charge in [-0.1, -0.05) is 26.0 Å². The number of benzene rings is 2. The molecule has 0 radical (unpaired) electrons. The summed E-state index contributed by atoms with van der Waals surface area (Å²) in [5.41, 5.74) is 2.02. The van der Waals surface area contributed by atoms with Crippen molar-refractivity contribution >= 4 is 22.9 Å². The average molecular weight is 394 g/mol. The van der Waals surface area contributed by atoms with Crippen LogP contribution in [0.5, 0.6) is 0 Å². The highest BCUT2D eigenvalue weighted by atomic mass is 19.1. The van der Waals surface area contributed by atoms with Crippen molar-refractivity contribution in [2.45, 2.75) is 33.6 Å². The lowest BCUT2D eigenvalue weighted by molar-refractivity contribution is -0.137. The van der Waals surface area contributed by atoms with Gasteiger partial charge in [-0.25, -0.2) is 14.2 Å². The fourth-order valence-corrected chi connectivity index (χ4v) is 3.13. The van der Waals surface area contributed by atoms with Gasteiger partial charge < -0.3 is 4.74 Å². The maximum absolute atomic E-state index is 14.5. The fraction of sp³-hybridized carbons (Fsp3) is 0.261. The highest BCUT2D eigenvalue weighted by molar-refractivity contribution is 5.88. The quantitative estimate of drug-likeness (QED) is 0.464. The molecule has 0 saturated heterocycles. The van der Waals surface area contributed by atoms with Crippen LogP contribution >= 0.6 is 0 Å². The minimum atomic E-state index is -0.570. The summed E-state index contributed by atoms with van der Waals surface area (Å²) < 4.78 is 20.8. The fourth-order valence-electron chi connectivity index (χ4n) is 3.13. The molecule has 1 aromatic heterocycles. The maximum atomic E-state index is 14.5. The van der Waals surface area contributed by atoms with E-state index in [-0.39, 0.29) is 23.1 Å². The number of carbonyl (C=O) groups is 1. The molecule has 0 bridgehead atoms. The van der Waals surface area contributed by atoms with Crippen LogP contribution in [0.4, 0.5) is 4.39 Å². The first-order valence-electron chi connectivity index (χ1n) is 9.67. The van der Waals surface area contributed by atoms with Crippen LogP contribution in [0.25, 0.3) is 22.7 Å². The van der Waals surface area contributed by atoms with Gasteiger partial charge in [0.2, 0.25) is 0 Å². The van der Waals surface area contributed by atoms with Crippen LogP contribution in [0.2, 0.25) is 0 Å². The Morgan fingerprint density at radius 3 is 2.48 bits per heavy atom. The van der Waals surface area contributed by atoms with Crippen LogP contribution in [-0.4, -0.2) is 22.1 Å². The largest absolute Gasteiger partial charge is 0.463 e. The Morgan fingerprint density at radius 1 is 1.14 bits per heavy atom. The first-order valence-corrected chi connectivity index (χ1v) is 9.67. The zero-order valence-corrected chi connectivity index (χ0v) is 16.7. The zero-order valence-electron chi connectivity index (χ0n) is 16.7. The number of aromatic nitrogens is 2. The summed E-state index contributed by atoms with van der Waals surface area (Å²) in [4.78, 5) is 29.3. The van der Waals surface area contributed by atoms with Gasteiger partial charge in [0.25, 0.3) is 5.56 Å². The summed E-state index contributed by atoms with van der Waals surface area (Å²) in [6, 6.07) is 10.4. The topological polar surface area (TPSA) is 61.2 Å². The van der Waals surface area contributed by atoms with Crippen molar-refractivity contribution in [3.63, 3.8) is 0 Å². The first-order chi connectivity index (χ1) is 14.0. The van der Waals surface area contributed by atoms with Gasteiger partial charge in [-0.05, 0) is 43.2 Å². The lowest BCUT2D eigenvalue weighted by atomic mass is 10.1. The van der Waals surface area contributed by atoms with Crippen molar-refractivity contribution in [1.29, 1.82) is 0 Å². The van der Waals surface area contributed by atoms with E-state index in [1.807, 2.05) is 31.2 Å². The van der Waals surface area contributed by atoms with Crippen LogP contribution in [0.15, 0.2) is 47.3 Å². The van der Waals surface area contributed by atoms with E-state index in [9.17, 15) is 14.0 Å². The van der Waals surface area contributed by atoms with E-state index in [2.05, 4.69) is 11.9 Å². The summed E-state index contributed by atoms with van der Waals surface area (Å²) in [5.74, 6) is -0.571. The summed E-state index contributed by atoms with van der Waals surface area (Å²) >= 11 is 0. The Kier molecular flexibility index (Phi) is 6.22. The molecule has 0 aliphatic heterocycles. The van der Waals surface area contributed by atoms with E-state index in [0.29, 0.717) is 23.4 Å². The van der Waals surface area contributed by atoms with Crippen LogP contribution in [0.1, 0.15) is 37.7 Å². The van der Waals surface area contributed by atoms with Crippen LogP contribution in [0, 0.1) is 5.82 Å². The predicted octanol–water partition coefficient (Wildman–Crippen LogP) is 4.23. The number of ether oxygens (including phenoxy) is 1. The molecule has 2 aromatic carbocycles. The summed E-state index contributed by atoms with van der Waals surface area (Å²) in [5, 5.41) is 0.284. The van der Waals surface area contributed by atoms with E-state index in [1.54, 1.807) is 11.5 Å². The van der Waals surface area contributed by atoms with E-state index in [0.717, 1.165) is 12.5 Å². The van der Waals surface area contributed by atoms with Gasteiger partial charge >= 0.3 is 5.97 Å². The van der Waals surface area contributed by atoms with Gasteiger partial charge in [-0.3, -0.25) is 9.36 Å². The lowest BCUT2D eigenvalue weighted by Gasteiger charge is -2.13. The van der Waals surface area contributed by atoms with E-state index >= 15 is 0 Å². The standard InChI is InChI=1S/C23H23FN2O3/c1-4-15-7-10-17(11-8-15)26-21(5-2)25-20-14-19(24)16(13-18(20)23(26)28)9-12-22(27)29-6-3/h7-14H,4-6H2,1-3H3/b12-9+. The molecule has 0 atom stereocenters. The Bertz CT molecular complexity index is 1130. The number of esters is 1. The molecule has 6 heteroatoms. The highest BCUT2D eigenvalue weighted by Crippen LogP contribution is 2.19. The number of hydrogen-bond acceptors (Lipinski definition) is 4. The third kappa shape index (κ3) is 4.26. The molecular weight excluding hydrogens is 371 g/mol. The van der Waals surface area contributed by atoms with Gasteiger partial charge in [0, 0.05) is 24.1 Å². The van der Waals surface area contributed by atoms with E-state index < -0.39 is 11.8 Å². The van der Waals surface area contributed by atoms with Crippen molar-refractivity contribution < 1.29 is 13.9 Å². The van der Waals surface area contributed by atoms with E-state index in [4.69, 9.17) is 4.74 Å². The Morgan fingerprint density at radius 2 is 1.86 bits per heavy atom. The van der Waals surface area contributed by atoms with Gasteiger partial charge in [0.15, 0.2) is 0 Å².